The molecule has 2 amide bonds. The van der Waals surface area contributed by atoms with Crippen molar-refractivity contribution < 1.29 is 19.4 Å². The maximum atomic E-state index is 13.9. The predicted octanol–water partition coefficient (Wildman–Crippen LogP) is 4.39. The van der Waals surface area contributed by atoms with Gasteiger partial charge in [0.25, 0.3) is 0 Å². The standard InChI is InChI=1S/C31H31N3O4/c35-21-17-29(30(36)33-16-15-32(20-13-14-20)27-11-5-6-12-28(27)33)34(18-21)31(37)38-19-26-24-9-3-1-7-22(24)23-8-2-4-10-25(23)26/h1-12,20-21,26,29,35H,13-19H2/t21-,29+/m1/s1. The third-order valence-electron chi connectivity index (χ3n) is 8.43. The summed E-state index contributed by atoms with van der Waals surface area (Å²) in [5.74, 6) is -0.214. The fourth-order valence-corrected chi connectivity index (χ4v) is 6.48. The van der Waals surface area contributed by atoms with E-state index in [2.05, 4.69) is 35.2 Å². The Balaban J connectivity index is 1.10. The minimum absolute atomic E-state index is 0.0598. The molecular formula is C31H31N3O4. The van der Waals surface area contributed by atoms with E-state index in [1.165, 1.54) is 17.7 Å². The van der Waals surface area contributed by atoms with E-state index >= 15 is 0 Å². The van der Waals surface area contributed by atoms with Gasteiger partial charge in [0.05, 0.1) is 24.0 Å². The van der Waals surface area contributed by atoms with Crippen LogP contribution in [0, 0.1) is 0 Å². The van der Waals surface area contributed by atoms with Crippen molar-refractivity contribution in [3.05, 3.63) is 83.9 Å². The van der Waals surface area contributed by atoms with Crippen molar-refractivity contribution >= 4 is 23.4 Å². The van der Waals surface area contributed by atoms with E-state index in [0.717, 1.165) is 40.2 Å². The molecule has 194 valence electrons. The zero-order chi connectivity index (χ0) is 25.8. The molecule has 4 aliphatic rings. The average Bonchev–Trinajstić information content (AvgIpc) is 3.65. The number of benzene rings is 3. The molecule has 1 N–H and O–H groups in total. The molecule has 0 spiro atoms. The number of β-amino-alcohol motifs (C(OH)–C–C–N with tert-alkyl or cyclic N) is 1. The smallest absolute Gasteiger partial charge is 0.410 e. The van der Waals surface area contributed by atoms with E-state index in [-0.39, 0.29) is 31.4 Å². The van der Waals surface area contributed by atoms with Crippen molar-refractivity contribution in [2.45, 2.75) is 43.4 Å². The minimum Gasteiger partial charge on any atom is -0.448 e. The topological polar surface area (TPSA) is 73.3 Å². The maximum Gasteiger partial charge on any atom is 0.410 e. The third kappa shape index (κ3) is 3.84. The van der Waals surface area contributed by atoms with Gasteiger partial charge in [0.2, 0.25) is 5.91 Å². The van der Waals surface area contributed by atoms with Crippen LogP contribution in [0.2, 0.25) is 0 Å². The molecule has 2 atom stereocenters. The average molecular weight is 510 g/mol. The van der Waals surface area contributed by atoms with Crippen molar-refractivity contribution in [1.82, 2.24) is 4.90 Å². The van der Waals surface area contributed by atoms with Crippen molar-refractivity contribution in [2.24, 2.45) is 0 Å². The number of carbonyl (C=O) groups excluding carboxylic acids is 2. The van der Waals surface area contributed by atoms with Gasteiger partial charge in [-0.1, -0.05) is 60.7 Å². The summed E-state index contributed by atoms with van der Waals surface area (Å²) < 4.78 is 5.86. The highest BCUT2D eigenvalue weighted by molar-refractivity contribution is 6.02. The van der Waals surface area contributed by atoms with Gasteiger partial charge in [0.15, 0.2) is 0 Å². The summed E-state index contributed by atoms with van der Waals surface area (Å²) in [6, 6.07) is 24.2. The van der Waals surface area contributed by atoms with E-state index < -0.39 is 18.2 Å². The summed E-state index contributed by atoms with van der Waals surface area (Å²) in [5.41, 5.74) is 6.56. The Bertz CT molecular complexity index is 1360. The summed E-state index contributed by atoms with van der Waals surface area (Å²) in [6.45, 7) is 1.62. The SMILES string of the molecule is O=C([C@@H]1C[C@@H](O)CN1C(=O)OCC1c2ccccc2-c2ccccc21)N1CCN(C2CC2)c2ccccc21. The van der Waals surface area contributed by atoms with Crippen LogP contribution in [0.4, 0.5) is 16.2 Å². The molecule has 7 nitrogen and oxygen atoms in total. The summed E-state index contributed by atoms with van der Waals surface area (Å²) >= 11 is 0. The normalized spacial score (nSPS) is 22.2. The quantitative estimate of drug-likeness (QED) is 0.565. The van der Waals surface area contributed by atoms with E-state index in [4.69, 9.17) is 4.74 Å². The number of aliphatic hydroxyl groups is 1. The Morgan fingerprint density at radius 1 is 0.842 bits per heavy atom. The van der Waals surface area contributed by atoms with Gasteiger partial charge in [0.1, 0.15) is 12.6 Å². The molecule has 0 radical (unpaired) electrons. The number of anilines is 2. The van der Waals surface area contributed by atoms with E-state index in [1.807, 2.05) is 42.5 Å². The van der Waals surface area contributed by atoms with Gasteiger partial charge < -0.3 is 19.6 Å². The largest absolute Gasteiger partial charge is 0.448 e. The van der Waals surface area contributed by atoms with Gasteiger partial charge in [-0.05, 0) is 47.2 Å². The van der Waals surface area contributed by atoms with Crippen LogP contribution < -0.4 is 9.80 Å². The molecule has 2 aliphatic heterocycles. The number of hydrogen-bond acceptors (Lipinski definition) is 5. The fraction of sp³-hybridized carbons (Fsp3) is 0.355. The summed E-state index contributed by atoms with van der Waals surface area (Å²) in [5, 5.41) is 10.5. The second kappa shape index (κ2) is 9.17. The van der Waals surface area contributed by atoms with Crippen LogP contribution in [0.15, 0.2) is 72.8 Å². The predicted molar refractivity (Wildman–Crippen MR) is 145 cm³/mol. The monoisotopic (exact) mass is 509 g/mol. The number of hydrogen-bond donors (Lipinski definition) is 1. The Kier molecular flexibility index (Phi) is 5.62. The van der Waals surface area contributed by atoms with Crippen molar-refractivity contribution in [3.8, 4) is 11.1 Å². The first-order chi connectivity index (χ1) is 18.6. The maximum absolute atomic E-state index is 13.9. The highest BCUT2D eigenvalue weighted by atomic mass is 16.6. The lowest BCUT2D eigenvalue weighted by molar-refractivity contribution is -0.122. The van der Waals surface area contributed by atoms with Crippen LogP contribution in [0.3, 0.4) is 0 Å². The Morgan fingerprint density at radius 2 is 1.47 bits per heavy atom. The summed E-state index contributed by atoms with van der Waals surface area (Å²) in [4.78, 5) is 32.8. The first kappa shape index (κ1) is 23.3. The zero-order valence-electron chi connectivity index (χ0n) is 21.2. The lowest BCUT2D eigenvalue weighted by Gasteiger charge is -2.39. The van der Waals surface area contributed by atoms with E-state index in [9.17, 15) is 14.7 Å². The molecule has 2 aliphatic carbocycles. The number of para-hydroxylation sites is 2. The molecule has 7 heteroatoms. The molecule has 2 fully saturated rings. The highest BCUT2D eigenvalue weighted by Gasteiger charge is 2.44. The molecule has 0 aromatic heterocycles. The van der Waals surface area contributed by atoms with Crippen LogP contribution in [0.1, 0.15) is 36.3 Å². The van der Waals surface area contributed by atoms with Crippen LogP contribution in [-0.2, 0) is 9.53 Å². The number of nitrogens with zero attached hydrogens (tertiary/aromatic N) is 3. The van der Waals surface area contributed by atoms with Gasteiger partial charge in [-0.15, -0.1) is 0 Å². The Hall–Kier alpha value is -3.84. The summed E-state index contributed by atoms with van der Waals surface area (Å²) in [6.07, 6.45) is 1.28. The number of ether oxygens (including phenoxy) is 1. The van der Waals surface area contributed by atoms with Crippen molar-refractivity contribution in [3.63, 3.8) is 0 Å². The number of carbonyl (C=O) groups is 2. The minimum atomic E-state index is -0.757. The molecular weight excluding hydrogens is 478 g/mol. The molecule has 0 unspecified atom stereocenters. The molecule has 7 rings (SSSR count). The number of aliphatic hydroxyl groups excluding tert-OH is 1. The first-order valence-corrected chi connectivity index (χ1v) is 13.6. The molecule has 2 heterocycles. The molecule has 3 aromatic carbocycles. The lowest BCUT2D eigenvalue weighted by Crippen LogP contribution is -2.52. The van der Waals surface area contributed by atoms with Crippen LogP contribution in [0.25, 0.3) is 11.1 Å². The van der Waals surface area contributed by atoms with Crippen LogP contribution >= 0.6 is 0 Å². The van der Waals surface area contributed by atoms with E-state index in [0.29, 0.717) is 12.6 Å². The number of rotatable bonds is 4. The molecule has 3 aromatic rings. The van der Waals surface area contributed by atoms with Crippen molar-refractivity contribution in [2.75, 3.05) is 36.0 Å². The third-order valence-corrected chi connectivity index (χ3v) is 8.43. The first-order valence-electron chi connectivity index (χ1n) is 13.6. The molecule has 1 saturated carbocycles. The molecule has 1 saturated heterocycles. The van der Waals surface area contributed by atoms with Crippen molar-refractivity contribution in [1.29, 1.82) is 0 Å². The van der Waals surface area contributed by atoms with Gasteiger partial charge >= 0.3 is 6.09 Å². The lowest BCUT2D eigenvalue weighted by atomic mass is 9.98. The number of fused-ring (bicyclic) bond motifs is 4. The highest BCUT2D eigenvalue weighted by Crippen LogP contribution is 2.45. The van der Waals surface area contributed by atoms with Gasteiger partial charge in [-0.25, -0.2) is 4.79 Å². The Morgan fingerprint density at radius 3 is 2.16 bits per heavy atom. The zero-order valence-corrected chi connectivity index (χ0v) is 21.2. The summed E-state index contributed by atoms with van der Waals surface area (Å²) in [7, 11) is 0. The molecule has 0 bridgehead atoms. The second-order valence-corrected chi connectivity index (χ2v) is 10.8. The van der Waals surface area contributed by atoms with Gasteiger partial charge in [-0.3, -0.25) is 9.69 Å². The van der Waals surface area contributed by atoms with Gasteiger partial charge in [-0.2, -0.15) is 0 Å². The van der Waals surface area contributed by atoms with Gasteiger partial charge in [0, 0.05) is 31.5 Å². The van der Waals surface area contributed by atoms with Crippen LogP contribution in [-0.4, -0.2) is 66.4 Å². The fourth-order valence-electron chi connectivity index (χ4n) is 6.48. The number of amides is 2. The Labute approximate surface area is 222 Å². The second-order valence-electron chi connectivity index (χ2n) is 10.8. The van der Waals surface area contributed by atoms with Crippen LogP contribution in [0.5, 0.6) is 0 Å². The van der Waals surface area contributed by atoms with E-state index in [1.54, 1.807) is 4.90 Å². The molecule has 38 heavy (non-hydrogen) atoms. The number of likely N-dealkylation sites (tertiary alicyclic amines) is 1.